The summed E-state index contributed by atoms with van der Waals surface area (Å²) < 4.78 is 0. The van der Waals surface area contributed by atoms with Gasteiger partial charge in [-0.25, -0.2) is 9.97 Å². The Morgan fingerprint density at radius 3 is 2.87 bits per heavy atom. The highest BCUT2D eigenvalue weighted by Crippen LogP contribution is 2.25. The molecule has 2 aromatic rings. The number of nitrogens with zero attached hydrogens (tertiary/aromatic N) is 4. The summed E-state index contributed by atoms with van der Waals surface area (Å²) in [7, 11) is 0. The Morgan fingerprint density at radius 2 is 2.09 bits per heavy atom. The van der Waals surface area contributed by atoms with Crippen molar-refractivity contribution < 1.29 is 0 Å². The summed E-state index contributed by atoms with van der Waals surface area (Å²) in [6.07, 6.45) is 7.74. The average molecular weight is 314 g/mol. The Kier molecular flexibility index (Phi) is 5.23. The lowest BCUT2D eigenvalue weighted by Crippen LogP contribution is -2.33. The van der Waals surface area contributed by atoms with Crippen molar-refractivity contribution in [2.75, 3.05) is 31.5 Å². The predicted molar refractivity (Wildman–Crippen MR) is 92.5 cm³/mol. The predicted octanol–water partition coefficient (Wildman–Crippen LogP) is 2.89. The van der Waals surface area contributed by atoms with E-state index < -0.39 is 0 Å². The summed E-state index contributed by atoms with van der Waals surface area (Å²) >= 11 is 0. The largest absolute Gasteiger partial charge is 0.353 e. The summed E-state index contributed by atoms with van der Waals surface area (Å²) in [5.74, 6) is 1.05. The van der Waals surface area contributed by atoms with E-state index in [1.54, 1.807) is 0 Å². The van der Waals surface area contributed by atoms with Crippen LogP contribution in [0.5, 0.6) is 0 Å². The molecule has 1 aliphatic rings. The first-order valence-corrected chi connectivity index (χ1v) is 8.57. The Balaban J connectivity index is 1.62. The van der Waals surface area contributed by atoms with E-state index in [0.717, 1.165) is 30.0 Å². The highest BCUT2D eigenvalue weighted by molar-refractivity contribution is 5.62. The van der Waals surface area contributed by atoms with Crippen molar-refractivity contribution in [3.05, 3.63) is 24.2 Å². The number of hydrogen-bond acceptors (Lipinski definition) is 5. The van der Waals surface area contributed by atoms with Gasteiger partial charge in [0.15, 0.2) is 0 Å². The summed E-state index contributed by atoms with van der Waals surface area (Å²) in [4.78, 5) is 11.5. The second-order valence-electron chi connectivity index (χ2n) is 6.43. The average Bonchev–Trinajstić information content (AvgIpc) is 3.06. The normalized spacial score (nSPS) is 16.0. The molecule has 23 heavy (non-hydrogen) atoms. The van der Waals surface area contributed by atoms with Crippen LogP contribution in [0.2, 0.25) is 0 Å². The highest BCUT2D eigenvalue weighted by Gasteiger charge is 2.13. The first kappa shape index (κ1) is 15.9. The molecule has 3 rings (SSSR count). The van der Waals surface area contributed by atoms with Crippen molar-refractivity contribution in [3.63, 3.8) is 0 Å². The van der Waals surface area contributed by atoms with Crippen LogP contribution in [-0.4, -0.2) is 51.2 Å². The number of aromatic nitrogens is 4. The molecule has 6 nitrogen and oxygen atoms in total. The molecule has 1 fully saturated rings. The van der Waals surface area contributed by atoms with Crippen LogP contribution in [0.3, 0.4) is 0 Å². The van der Waals surface area contributed by atoms with Crippen LogP contribution >= 0.6 is 0 Å². The van der Waals surface area contributed by atoms with Gasteiger partial charge in [0, 0.05) is 31.0 Å². The zero-order chi connectivity index (χ0) is 16.1. The lowest BCUT2D eigenvalue weighted by atomic mass is 10.0. The molecule has 124 valence electrons. The van der Waals surface area contributed by atoms with Gasteiger partial charge in [-0.1, -0.05) is 20.3 Å². The van der Waals surface area contributed by atoms with E-state index in [2.05, 4.69) is 44.2 Å². The van der Waals surface area contributed by atoms with Crippen LogP contribution in [0.1, 0.15) is 44.7 Å². The maximum Gasteiger partial charge on any atom is 0.223 e. The van der Waals surface area contributed by atoms with Gasteiger partial charge in [0.1, 0.15) is 0 Å². The van der Waals surface area contributed by atoms with E-state index in [4.69, 9.17) is 0 Å². The van der Waals surface area contributed by atoms with Crippen molar-refractivity contribution in [2.24, 2.45) is 0 Å². The number of likely N-dealkylation sites (tertiary alicyclic amines) is 1. The molecular weight excluding hydrogens is 288 g/mol. The van der Waals surface area contributed by atoms with Gasteiger partial charge in [-0.3, -0.25) is 5.10 Å². The van der Waals surface area contributed by atoms with Gasteiger partial charge in [0.2, 0.25) is 5.95 Å². The molecular formula is C17H26N6. The van der Waals surface area contributed by atoms with Crippen LogP contribution in [0.4, 0.5) is 5.95 Å². The van der Waals surface area contributed by atoms with Crippen LogP contribution in [0.25, 0.3) is 11.3 Å². The molecule has 3 heterocycles. The topological polar surface area (TPSA) is 69.7 Å². The van der Waals surface area contributed by atoms with Crippen LogP contribution in [0, 0.1) is 0 Å². The number of anilines is 1. The molecule has 1 aliphatic heterocycles. The monoisotopic (exact) mass is 314 g/mol. The first-order valence-electron chi connectivity index (χ1n) is 8.57. The lowest BCUT2D eigenvalue weighted by molar-refractivity contribution is 0.237. The van der Waals surface area contributed by atoms with E-state index in [0.29, 0.717) is 11.9 Å². The Morgan fingerprint density at radius 1 is 1.26 bits per heavy atom. The number of hydrogen-bond donors (Lipinski definition) is 2. The summed E-state index contributed by atoms with van der Waals surface area (Å²) in [6.45, 7) is 8.64. The molecule has 0 amide bonds. The smallest absolute Gasteiger partial charge is 0.223 e. The van der Waals surface area contributed by atoms with E-state index in [1.165, 1.54) is 32.4 Å². The molecule has 6 heteroatoms. The zero-order valence-corrected chi connectivity index (χ0v) is 14.0. The fourth-order valence-corrected chi connectivity index (χ4v) is 3.05. The second-order valence-corrected chi connectivity index (χ2v) is 6.43. The molecule has 0 aromatic carbocycles. The highest BCUT2D eigenvalue weighted by atomic mass is 15.2. The maximum absolute atomic E-state index is 4.64. The number of aromatic amines is 1. The third-order valence-corrected chi connectivity index (χ3v) is 4.31. The third-order valence-electron chi connectivity index (χ3n) is 4.31. The van der Waals surface area contributed by atoms with Crippen LogP contribution < -0.4 is 5.32 Å². The number of rotatable bonds is 6. The molecule has 0 spiro atoms. The van der Waals surface area contributed by atoms with Crippen molar-refractivity contribution >= 4 is 5.95 Å². The fourth-order valence-electron chi connectivity index (χ4n) is 3.05. The maximum atomic E-state index is 4.64. The summed E-state index contributed by atoms with van der Waals surface area (Å²) in [5.41, 5.74) is 3.02. The molecule has 2 N–H and O–H groups in total. The van der Waals surface area contributed by atoms with Gasteiger partial charge < -0.3 is 10.2 Å². The second kappa shape index (κ2) is 7.55. The third kappa shape index (κ3) is 4.07. The minimum atomic E-state index is 0.363. The number of H-pyrrole nitrogens is 1. The fraction of sp³-hybridized carbons (Fsp3) is 0.588. The minimum absolute atomic E-state index is 0.363. The zero-order valence-electron chi connectivity index (χ0n) is 14.0. The number of nitrogens with one attached hydrogen (secondary N) is 2. The lowest BCUT2D eigenvalue weighted by Gasteiger charge is -2.26. The minimum Gasteiger partial charge on any atom is -0.353 e. The molecule has 0 unspecified atom stereocenters. The quantitative estimate of drug-likeness (QED) is 0.858. The standard InChI is InChI=1S/C17H26N6/c1-13(2)16-14(12-20-22-16)15-6-7-18-17(21-15)19-8-11-23-9-4-3-5-10-23/h6-7,12-13H,3-5,8-11H2,1-2H3,(H,20,22)(H,18,19,21). The van der Waals surface area contributed by atoms with E-state index >= 15 is 0 Å². The summed E-state index contributed by atoms with van der Waals surface area (Å²) in [6, 6.07) is 1.94. The molecule has 0 bridgehead atoms. The van der Waals surface area contributed by atoms with Gasteiger partial charge in [-0.15, -0.1) is 0 Å². The van der Waals surface area contributed by atoms with Crippen molar-refractivity contribution in [1.29, 1.82) is 0 Å². The molecule has 2 aromatic heterocycles. The SMILES string of the molecule is CC(C)c1n[nH]cc1-c1ccnc(NCCN2CCCCC2)n1. The Labute approximate surface area is 137 Å². The van der Waals surface area contributed by atoms with E-state index in [-0.39, 0.29) is 0 Å². The van der Waals surface area contributed by atoms with Gasteiger partial charge in [-0.05, 0) is 37.9 Å². The van der Waals surface area contributed by atoms with Crippen molar-refractivity contribution in [3.8, 4) is 11.3 Å². The first-order chi connectivity index (χ1) is 11.2. The molecule has 0 saturated carbocycles. The Hall–Kier alpha value is -1.95. The van der Waals surface area contributed by atoms with Crippen LogP contribution in [-0.2, 0) is 0 Å². The molecule has 0 aliphatic carbocycles. The van der Waals surface area contributed by atoms with Gasteiger partial charge in [0.05, 0.1) is 11.4 Å². The Bertz CT molecular complexity index is 615. The van der Waals surface area contributed by atoms with Crippen molar-refractivity contribution in [1.82, 2.24) is 25.1 Å². The summed E-state index contributed by atoms with van der Waals surface area (Å²) in [5, 5.41) is 10.6. The van der Waals surface area contributed by atoms with Crippen molar-refractivity contribution in [2.45, 2.75) is 39.0 Å². The van der Waals surface area contributed by atoms with E-state index in [1.807, 2.05) is 18.5 Å². The van der Waals surface area contributed by atoms with E-state index in [9.17, 15) is 0 Å². The van der Waals surface area contributed by atoms with Crippen LogP contribution in [0.15, 0.2) is 18.5 Å². The van der Waals surface area contributed by atoms with Gasteiger partial charge >= 0.3 is 0 Å². The number of piperidine rings is 1. The molecule has 0 radical (unpaired) electrons. The van der Waals surface area contributed by atoms with Gasteiger partial charge in [0.25, 0.3) is 0 Å². The molecule has 1 saturated heterocycles. The molecule has 0 atom stereocenters. The van der Waals surface area contributed by atoms with Gasteiger partial charge in [-0.2, -0.15) is 5.10 Å².